The number of ether oxygens (including phenoxy) is 1. The van der Waals surface area contributed by atoms with Gasteiger partial charge in [0.25, 0.3) is 0 Å². The molecule has 20 heavy (non-hydrogen) atoms. The van der Waals surface area contributed by atoms with Crippen LogP contribution in [-0.2, 0) is 11.3 Å². The van der Waals surface area contributed by atoms with E-state index in [4.69, 9.17) is 4.74 Å². The number of para-hydroxylation sites is 1. The first-order chi connectivity index (χ1) is 9.76. The molecular formula is C16H25FN2O. The van der Waals surface area contributed by atoms with Gasteiger partial charge in [0.15, 0.2) is 0 Å². The van der Waals surface area contributed by atoms with Gasteiger partial charge in [0.2, 0.25) is 0 Å². The van der Waals surface area contributed by atoms with Crippen LogP contribution >= 0.6 is 0 Å². The number of anilines is 1. The summed E-state index contributed by atoms with van der Waals surface area (Å²) in [7, 11) is 1.73. The number of nitrogens with one attached hydrogen (secondary N) is 1. The number of piperidine rings is 1. The molecule has 0 saturated carbocycles. The van der Waals surface area contributed by atoms with E-state index in [9.17, 15) is 4.39 Å². The van der Waals surface area contributed by atoms with E-state index >= 15 is 0 Å². The number of hydrogen-bond donors (Lipinski definition) is 1. The highest BCUT2D eigenvalue weighted by molar-refractivity contribution is 5.55. The second-order valence-electron chi connectivity index (χ2n) is 5.44. The Hall–Kier alpha value is -1.13. The minimum Gasteiger partial charge on any atom is -0.384 e. The molecule has 0 radical (unpaired) electrons. The summed E-state index contributed by atoms with van der Waals surface area (Å²) in [4.78, 5) is 2.19. The van der Waals surface area contributed by atoms with Gasteiger partial charge in [-0.3, -0.25) is 0 Å². The van der Waals surface area contributed by atoms with Crippen LogP contribution in [0.25, 0.3) is 0 Å². The molecule has 1 aromatic rings. The maximum absolute atomic E-state index is 14.3. The standard InChI is InChI=1S/C16H25FN2O/c1-3-18-10-14-7-4-8-15(17)16(14)19-9-5-6-13(11-19)12-20-2/h4,7-8,13,18H,3,5-6,9-12H2,1-2H3. The third-order valence-corrected chi connectivity index (χ3v) is 3.87. The molecule has 3 nitrogen and oxygen atoms in total. The van der Waals surface area contributed by atoms with Crippen LogP contribution < -0.4 is 10.2 Å². The second-order valence-corrected chi connectivity index (χ2v) is 5.44. The lowest BCUT2D eigenvalue weighted by Crippen LogP contribution is -2.38. The monoisotopic (exact) mass is 280 g/mol. The Morgan fingerprint density at radius 3 is 3.05 bits per heavy atom. The molecule has 1 heterocycles. The third kappa shape index (κ3) is 3.70. The zero-order chi connectivity index (χ0) is 14.4. The molecular weight excluding hydrogens is 255 g/mol. The van der Waals surface area contributed by atoms with E-state index < -0.39 is 0 Å². The predicted octanol–water partition coefficient (Wildman–Crippen LogP) is 2.80. The Bertz CT molecular complexity index is 423. The molecule has 0 spiro atoms. The number of halogens is 1. The van der Waals surface area contributed by atoms with Crippen LogP contribution in [0.4, 0.5) is 10.1 Å². The highest BCUT2D eigenvalue weighted by Gasteiger charge is 2.23. The van der Waals surface area contributed by atoms with Crippen molar-refractivity contribution in [1.82, 2.24) is 5.32 Å². The summed E-state index contributed by atoms with van der Waals surface area (Å²) >= 11 is 0. The molecule has 1 unspecified atom stereocenters. The van der Waals surface area contributed by atoms with Crippen molar-refractivity contribution in [3.05, 3.63) is 29.6 Å². The summed E-state index contributed by atoms with van der Waals surface area (Å²) in [5, 5.41) is 3.29. The lowest BCUT2D eigenvalue weighted by Gasteiger charge is -2.35. The molecule has 2 rings (SSSR count). The van der Waals surface area contributed by atoms with E-state index in [0.29, 0.717) is 5.92 Å². The molecule has 1 fully saturated rings. The van der Waals surface area contributed by atoms with Crippen LogP contribution in [0.5, 0.6) is 0 Å². The number of rotatable bonds is 6. The largest absolute Gasteiger partial charge is 0.384 e. The molecule has 112 valence electrons. The van der Waals surface area contributed by atoms with E-state index in [0.717, 1.165) is 50.5 Å². The molecule has 0 amide bonds. The van der Waals surface area contributed by atoms with Crippen molar-refractivity contribution < 1.29 is 9.13 Å². The number of hydrogen-bond acceptors (Lipinski definition) is 3. The zero-order valence-electron chi connectivity index (χ0n) is 12.5. The van der Waals surface area contributed by atoms with Crippen molar-refractivity contribution >= 4 is 5.69 Å². The Kier molecular flexibility index (Phi) is 5.80. The van der Waals surface area contributed by atoms with E-state index in [2.05, 4.69) is 17.1 Å². The smallest absolute Gasteiger partial charge is 0.146 e. The normalized spacial score (nSPS) is 19.4. The van der Waals surface area contributed by atoms with Gasteiger partial charge in [-0.05, 0) is 36.9 Å². The molecule has 4 heteroatoms. The Morgan fingerprint density at radius 1 is 1.45 bits per heavy atom. The van der Waals surface area contributed by atoms with E-state index in [1.54, 1.807) is 19.2 Å². The molecule has 1 aromatic carbocycles. The number of methoxy groups -OCH3 is 1. The molecule has 1 saturated heterocycles. The Morgan fingerprint density at radius 2 is 2.30 bits per heavy atom. The summed E-state index contributed by atoms with van der Waals surface area (Å²) in [5.41, 5.74) is 1.82. The van der Waals surface area contributed by atoms with E-state index in [-0.39, 0.29) is 5.82 Å². The van der Waals surface area contributed by atoms with Gasteiger partial charge in [0, 0.05) is 26.7 Å². The molecule has 0 aliphatic carbocycles. The highest BCUT2D eigenvalue weighted by atomic mass is 19.1. The Balaban J connectivity index is 2.17. The fraction of sp³-hybridized carbons (Fsp3) is 0.625. The average Bonchev–Trinajstić information content (AvgIpc) is 2.46. The van der Waals surface area contributed by atoms with Crippen LogP contribution in [0.15, 0.2) is 18.2 Å². The van der Waals surface area contributed by atoms with Gasteiger partial charge in [-0.15, -0.1) is 0 Å². The van der Waals surface area contributed by atoms with Crippen LogP contribution in [-0.4, -0.2) is 33.4 Å². The molecule has 0 bridgehead atoms. The van der Waals surface area contributed by atoms with Crippen molar-refractivity contribution in [2.45, 2.75) is 26.3 Å². The van der Waals surface area contributed by atoms with E-state index in [1.807, 2.05) is 6.07 Å². The van der Waals surface area contributed by atoms with Gasteiger partial charge in [-0.1, -0.05) is 19.1 Å². The van der Waals surface area contributed by atoms with E-state index in [1.165, 1.54) is 6.42 Å². The maximum atomic E-state index is 14.3. The minimum absolute atomic E-state index is 0.113. The van der Waals surface area contributed by atoms with Gasteiger partial charge in [0.1, 0.15) is 5.82 Å². The predicted molar refractivity (Wildman–Crippen MR) is 80.6 cm³/mol. The van der Waals surface area contributed by atoms with Gasteiger partial charge in [-0.25, -0.2) is 4.39 Å². The summed E-state index contributed by atoms with van der Waals surface area (Å²) in [6.45, 7) is 6.24. The van der Waals surface area contributed by atoms with Gasteiger partial charge >= 0.3 is 0 Å². The number of nitrogens with zero attached hydrogens (tertiary/aromatic N) is 1. The fourth-order valence-electron chi connectivity index (χ4n) is 2.96. The quantitative estimate of drug-likeness (QED) is 0.867. The molecule has 1 aliphatic rings. The first-order valence-electron chi connectivity index (χ1n) is 7.48. The molecule has 1 N–H and O–H groups in total. The summed E-state index contributed by atoms with van der Waals surface area (Å²) in [6, 6.07) is 5.37. The lowest BCUT2D eigenvalue weighted by molar-refractivity contribution is 0.143. The summed E-state index contributed by atoms with van der Waals surface area (Å²) in [6.07, 6.45) is 2.27. The molecule has 1 aliphatic heterocycles. The van der Waals surface area contributed by atoms with Gasteiger partial charge in [0.05, 0.1) is 12.3 Å². The van der Waals surface area contributed by atoms with Gasteiger partial charge in [-0.2, -0.15) is 0 Å². The summed E-state index contributed by atoms with van der Waals surface area (Å²) < 4.78 is 19.5. The topological polar surface area (TPSA) is 24.5 Å². The second kappa shape index (κ2) is 7.60. The van der Waals surface area contributed by atoms with Crippen LogP contribution in [0.2, 0.25) is 0 Å². The zero-order valence-corrected chi connectivity index (χ0v) is 12.5. The average molecular weight is 280 g/mol. The van der Waals surface area contributed by atoms with Crippen molar-refractivity contribution in [3.8, 4) is 0 Å². The first kappa shape index (κ1) is 15.3. The highest BCUT2D eigenvalue weighted by Crippen LogP contribution is 2.29. The first-order valence-corrected chi connectivity index (χ1v) is 7.48. The SMILES string of the molecule is CCNCc1cccc(F)c1N1CCCC(COC)C1. The van der Waals surface area contributed by atoms with Crippen LogP contribution in [0, 0.1) is 11.7 Å². The molecule has 0 aromatic heterocycles. The van der Waals surface area contributed by atoms with Crippen molar-refractivity contribution in [3.63, 3.8) is 0 Å². The number of benzene rings is 1. The fourth-order valence-corrected chi connectivity index (χ4v) is 2.96. The van der Waals surface area contributed by atoms with Crippen LogP contribution in [0.3, 0.4) is 0 Å². The molecule has 1 atom stereocenters. The Labute approximate surface area is 121 Å². The maximum Gasteiger partial charge on any atom is 0.146 e. The van der Waals surface area contributed by atoms with Crippen molar-refractivity contribution in [1.29, 1.82) is 0 Å². The minimum atomic E-state index is -0.113. The summed E-state index contributed by atoms with van der Waals surface area (Å²) in [5.74, 6) is 0.388. The van der Waals surface area contributed by atoms with Crippen molar-refractivity contribution in [2.75, 3.05) is 38.3 Å². The van der Waals surface area contributed by atoms with Crippen LogP contribution in [0.1, 0.15) is 25.3 Å². The van der Waals surface area contributed by atoms with Crippen molar-refractivity contribution in [2.24, 2.45) is 5.92 Å². The third-order valence-electron chi connectivity index (χ3n) is 3.87. The lowest BCUT2D eigenvalue weighted by atomic mass is 9.97. The van der Waals surface area contributed by atoms with Gasteiger partial charge < -0.3 is 15.0 Å².